The first-order chi connectivity index (χ1) is 11.5. The molecule has 2 rings (SSSR count). The standard InChI is InChI=1S/C15H14N4O4S/c1-23-13-8-12(19(21)22)7-10(14(13)20)9-16-18-15(24)17-11-5-3-2-4-6-11/h2-9,20H,1H3,(H2,17,18,24). The molecule has 0 spiro atoms. The Morgan fingerprint density at radius 3 is 2.71 bits per heavy atom. The van der Waals surface area contributed by atoms with E-state index >= 15 is 0 Å². The largest absolute Gasteiger partial charge is 0.504 e. The van der Waals surface area contributed by atoms with Crippen LogP contribution in [0.25, 0.3) is 0 Å². The smallest absolute Gasteiger partial charge is 0.274 e. The second kappa shape index (κ2) is 7.88. The van der Waals surface area contributed by atoms with Gasteiger partial charge in [0, 0.05) is 17.3 Å². The van der Waals surface area contributed by atoms with Crippen molar-refractivity contribution >= 4 is 34.9 Å². The van der Waals surface area contributed by atoms with Gasteiger partial charge in [-0.3, -0.25) is 15.5 Å². The Morgan fingerprint density at radius 2 is 2.08 bits per heavy atom. The van der Waals surface area contributed by atoms with Crippen molar-refractivity contribution in [3.8, 4) is 11.5 Å². The van der Waals surface area contributed by atoms with Crippen LogP contribution in [0.2, 0.25) is 0 Å². The van der Waals surface area contributed by atoms with E-state index in [1.807, 2.05) is 30.3 Å². The van der Waals surface area contributed by atoms with Gasteiger partial charge in [-0.1, -0.05) is 18.2 Å². The third kappa shape index (κ3) is 4.40. The van der Waals surface area contributed by atoms with E-state index in [2.05, 4.69) is 15.8 Å². The molecule has 8 nitrogen and oxygen atoms in total. The van der Waals surface area contributed by atoms with E-state index in [9.17, 15) is 15.2 Å². The highest BCUT2D eigenvalue weighted by Crippen LogP contribution is 2.33. The number of methoxy groups -OCH3 is 1. The van der Waals surface area contributed by atoms with Gasteiger partial charge in [-0.2, -0.15) is 5.10 Å². The molecular formula is C15H14N4O4S. The summed E-state index contributed by atoms with van der Waals surface area (Å²) in [6, 6.07) is 11.5. The number of nitro benzene ring substituents is 1. The van der Waals surface area contributed by atoms with Crippen molar-refractivity contribution in [1.29, 1.82) is 0 Å². The van der Waals surface area contributed by atoms with Crippen molar-refractivity contribution < 1.29 is 14.8 Å². The summed E-state index contributed by atoms with van der Waals surface area (Å²) >= 11 is 5.07. The third-order valence-corrected chi connectivity index (χ3v) is 3.11. The first-order valence-corrected chi connectivity index (χ1v) is 7.12. The molecule has 3 N–H and O–H groups in total. The normalized spacial score (nSPS) is 10.4. The Hall–Kier alpha value is -3.20. The lowest BCUT2D eigenvalue weighted by Crippen LogP contribution is -2.23. The average molecular weight is 346 g/mol. The number of ether oxygens (including phenoxy) is 1. The highest BCUT2D eigenvalue weighted by molar-refractivity contribution is 7.80. The lowest BCUT2D eigenvalue weighted by atomic mass is 10.2. The Bertz CT molecular complexity index is 781. The van der Waals surface area contributed by atoms with Crippen molar-refractivity contribution in [2.75, 3.05) is 12.4 Å². The predicted octanol–water partition coefficient (Wildman–Crippen LogP) is 2.63. The average Bonchev–Trinajstić information content (AvgIpc) is 2.57. The molecule has 0 heterocycles. The molecule has 0 saturated carbocycles. The van der Waals surface area contributed by atoms with Gasteiger partial charge in [0.1, 0.15) is 0 Å². The fourth-order valence-corrected chi connectivity index (χ4v) is 1.99. The van der Waals surface area contributed by atoms with Crippen molar-refractivity contribution in [3.05, 3.63) is 58.1 Å². The minimum Gasteiger partial charge on any atom is -0.504 e. The molecule has 24 heavy (non-hydrogen) atoms. The van der Waals surface area contributed by atoms with Crippen LogP contribution in [0.3, 0.4) is 0 Å². The van der Waals surface area contributed by atoms with Gasteiger partial charge in [-0.05, 0) is 24.4 Å². The van der Waals surface area contributed by atoms with Gasteiger partial charge in [0.2, 0.25) is 0 Å². The Kier molecular flexibility index (Phi) is 5.63. The predicted molar refractivity (Wildman–Crippen MR) is 94.7 cm³/mol. The van der Waals surface area contributed by atoms with E-state index in [1.54, 1.807) is 0 Å². The molecule has 2 aromatic rings. The van der Waals surface area contributed by atoms with Crippen molar-refractivity contribution in [2.45, 2.75) is 0 Å². The number of hydrazone groups is 1. The number of hydrogen-bond acceptors (Lipinski definition) is 6. The molecule has 0 saturated heterocycles. The number of phenols is 1. The molecule has 2 aromatic carbocycles. The number of benzene rings is 2. The Morgan fingerprint density at radius 1 is 1.38 bits per heavy atom. The van der Waals surface area contributed by atoms with Gasteiger partial charge < -0.3 is 15.2 Å². The van der Waals surface area contributed by atoms with Crippen LogP contribution in [-0.4, -0.2) is 28.5 Å². The van der Waals surface area contributed by atoms with Crippen LogP contribution in [0, 0.1) is 10.1 Å². The van der Waals surface area contributed by atoms with Crippen LogP contribution in [-0.2, 0) is 0 Å². The third-order valence-electron chi connectivity index (χ3n) is 2.92. The van der Waals surface area contributed by atoms with E-state index in [4.69, 9.17) is 17.0 Å². The van der Waals surface area contributed by atoms with Crippen LogP contribution < -0.4 is 15.5 Å². The second-order valence-corrected chi connectivity index (χ2v) is 4.94. The van der Waals surface area contributed by atoms with Gasteiger partial charge in [0.15, 0.2) is 16.6 Å². The topological polar surface area (TPSA) is 109 Å². The first-order valence-electron chi connectivity index (χ1n) is 6.71. The van der Waals surface area contributed by atoms with Crippen molar-refractivity contribution in [3.63, 3.8) is 0 Å². The quantitative estimate of drug-likeness (QED) is 0.330. The summed E-state index contributed by atoms with van der Waals surface area (Å²) < 4.78 is 4.91. The number of nitrogens with one attached hydrogen (secondary N) is 2. The number of phenolic OH excluding ortho intramolecular Hbond substituents is 1. The fourth-order valence-electron chi connectivity index (χ4n) is 1.81. The van der Waals surface area contributed by atoms with Crippen LogP contribution in [0.4, 0.5) is 11.4 Å². The number of non-ortho nitro benzene ring substituents is 1. The zero-order valence-corrected chi connectivity index (χ0v) is 13.4. The van der Waals surface area contributed by atoms with Crippen LogP contribution in [0.1, 0.15) is 5.56 Å². The number of aromatic hydroxyl groups is 1. The summed E-state index contributed by atoms with van der Waals surface area (Å²) in [4.78, 5) is 10.3. The van der Waals surface area contributed by atoms with E-state index in [-0.39, 0.29) is 27.9 Å². The molecule has 9 heteroatoms. The van der Waals surface area contributed by atoms with E-state index < -0.39 is 4.92 Å². The van der Waals surface area contributed by atoms with Crippen molar-refractivity contribution in [2.24, 2.45) is 5.10 Å². The first kappa shape index (κ1) is 17.2. The SMILES string of the molecule is COc1cc([N+](=O)[O-])cc(C=NNC(=S)Nc2ccccc2)c1O. The van der Waals surface area contributed by atoms with Crippen LogP contribution >= 0.6 is 12.2 Å². The molecule has 0 aliphatic rings. The van der Waals surface area contributed by atoms with E-state index in [1.165, 1.54) is 19.4 Å². The molecule has 0 fully saturated rings. The molecule has 0 amide bonds. The summed E-state index contributed by atoms with van der Waals surface area (Å²) in [6.45, 7) is 0. The van der Waals surface area contributed by atoms with Gasteiger partial charge in [-0.25, -0.2) is 0 Å². The minimum atomic E-state index is -0.589. The zero-order chi connectivity index (χ0) is 17.5. The molecule has 0 atom stereocenters. The number of rotatable bonds is 5. The lowest BCUT2D eigenvalue weighted by Gasteiger charge is -2.07. The highest BCUT2D eigenvalue weighted by atomic mass is 32.1. The van der Waals surface area contributed by atoms with Gasteiger partial charge in [-0.15, -0.1) is 0 Å². The second-order valence-electron chi connectivity index (χ2n) is 4.53. The number of para-hydroxylation sites is 1. The maximum absolute atomic E-state index is 10.9. The van der Waals surface area contributed by atoms with Crippen LogP contribution in [0.5, 0.6) is 11.5 Å². The highest BCUT2D eigenvalue weighted by Gasteiger charge is 2.15. The monoisotopic (exact) mass is 346 g/mol. The Labute approximate surface area is 142 Å². The molecular weight excluding hydrogens is 332 g/mol. The maximum atomic E-state index is 10.9. The molecule has 0 aliphatic heterocycles. The summed E-state index contributed by atoms with van der Waals surface area (Å²) in [7, 11) is 1.30. The fraction of sp³-hybridized carbons (Fsp3) is 0.0667. The lowest BCUT2D eigenvalue weighted by molar-refractivity contribution is -0.385. The minimum absolute atomic E-state index is 0.0179. The Balaban J connectivity index is 2.09. The van der Waals surface area contributed by atoms with E-state index in [0.717, 1.165) is 11.8 Å². The molecule has 124 valence electrons. The number of nitrogens with zero attached hydrogens (tertiary/aromatic N) is 2. The number of hydrogen-bond donors (Lipinski definition) is 3. The number of nitro groups is 1. The van der Waals surface area contributed by atoms with Gasteiger partial charge in [0.05, 0.1) is 24.3 Å². The van der Waals surface area contributed by atoms with Gasteiger partial charge >= 0.3 is 0 Å². The van der Waals surface area contributed by atoms with Crippen molar-refractivity contribution in [1.82, 2.24) is 5.43 Å². The molecule has 0 aliphatic carbocycles. The zero-order valence-electron chi connectivity index (χ0n) is 12.6. The molecule has 0 aromatic heterocycles. The van der Waals surface area contributed by atoms with Crippen LogP contribution in [0.15, 0.2) is 47.6 Å². The molecule has 0 radical (unpaired) electrons. The molecule has 0 unspecified atom stereocenters. The van der Waals surface area contributed by atoms with Gasteiger partial charge in [0.25, 0.3) is 5.69 Å². The summed E-state index contributed by atoms with van der Waals surface area (Å²) in [5.74, 6) is -0.272. The summed E-state index contributed by atoms with van der Waals surface area (Å²) in [5, 5.41) is 27.9. The number of thiocarbonyl (C=S) groups is 1. The maximum Gasteiger partial charge on any atom is 0.274 e. The van der Waals surface area contributed by atoms with E-state index in [0.29, 0.717) is 0 Å². The number of anilines is 1. The summed E-state index contributed by atoms with van der Waals surface area (Å²) in [5.41, 5.74) is 3.24. The summed E-state index contributed by atoms with van der Waals surface area (Å²) in [6.07, 6.45) is 1.21. The molecule has 0 bridgehead atoms.